The first kappa shape index (κ1) is 32.1. The Morgan fingerprint density at radius 3 is 1.17 bits per heavy atom. The molecule has 6 heavy (non-hydrogen) atoms. The minimum absolute atomic E-state index is 0. The van der Waals surface area contributed by atoms with Crippen LogP contribution < -0.4 is 5.73 Å². The van der Waals surface area contributed by atoms with Crippen molar-refractivity contribution in [2.45, 2.75) is 0 Å². The van der Waals surface area contributed by atoms with Crippen molar-refractivity contribution >= 4 is 137 Å². The van der Waals surface area contributed by atoms with Crippen LogP contribution in [-0.4, -0.2) is 103 Å². The standard InChI is InChI=1S/CH5N.BrH.Cs.HI.Pb.3H/c1-2;;;;;;;/h2H2,1H3;1H;;1H;;;;. The Morgan fingerprint density at radius 2 is 1.17 bits per heavy atom. The summed E-state index contributed by atoms with van der Waals surface area (Å²) in [4.78, 5) is 0. The van der Waals surface area contributed by atoms with Gasteiger partial charge >= 0.3 is 96.2 Å². The molecule has 0 spiro atoms. The molecule has 0 aromatic rings. The third-order valence-electron chi connectivity index (χ3n) is 0. The predicted molar refractivity (Wildman–Crippen MR) is 51.5 cm³/mol. The van der Waals surface area contributed by atoms with E-state index >= 15 is 0 Å². The Labute approximate surface area is 145 Å². The van der Waals surface area contributed by atoms with Crippen molar-refractivity contribution in [2.24, 2.45) is 5.73 Å². The normalized spacial score (nSPS) is 1.00. The second-order valence-electron chi connectivity index (χ2n) is 0. The molecule has 5 heteroatoms. The molecule has 0 aliphatic heterocycles. The predicted octanol–water partition coefficient (Wildman–Crippen LogP) is -0.794. The van der Waals surface area contributed by atoms with Crippen molar-refractivity contribution < 1.29 is 0 Å². The van der Waals surface area contributed by atoms with E-state index in [0.717, 1.165) is 0 Å². The molecule has 0 saturated heterocycles. The van der Waals surface area contributed by atoms with Crippen LogP contribution in [-0.2, 0) is 0 Å². The Kier molecular flexibility index (Phi) is 189. The van der Waals surface area contributed by atoms with Crippen molar-refractivity contribution in [3.63, 3.8) is 0 Å². The monoisotopic (exact) mass is 583 g/mol. The van der Waals surface area contributed by atoms with Crippen LogP contribution in [0.3, 0.4) is 0 Å². The van der Waals surface area contributed by atoms with Gasteiger partial charge in [0.05, 0.1) is 0 Å². The fraction of sp³-hybridized carbons (Fsp3) is 1.00. The van der Waals surface area contributed by atoms with Crippen molar-refractivity contribution in [1.29, 1.82) is 0 Å². The Bertz CT molecular complexity index is 15.5. The van der Waals surface area contributed by atoms with E-state index in [2.05, 4.69) is 5.73 Å². The second kappa shape index (κ2) is 35.3. The molecule has 38 valence electrons. The number of nitrogens with two attached hydrogens (primary N) is 1. The first-order chi connectivity index (χ1) is 1.00. The third kappa shape index (κ3) is 24.2. The molecule has 0 saturated carbocycles. The van der Waals surface area contributed by atoms with Gasteiger partial charge in [0.1, 0.15) is 0 Å². The topological polar surface area (TPSA) is 26.0 Å². The summed E-state index contributed by atoms with van der Waals surface area (Å²) in [5.41, 5.74) is 4.50. The van der Waals surface area contributed by atoms with Crippen LogP contribution in [0.2, 0.25) is 0 Å². The summed E-state index contributed by atoms with van der Waals surface area (Å²) in [6, 6.07) is 0. The van der Waals surface area contributed by atoms with Crippen molar-refractivity contribution in [1.82, 2.24) is 0 Å². The van der Waals surface area contributed by atoms with Crippen LogP contribution in [0.25, 0.3) is 0 Å². The van der Waals surface area contributed by atoms with Crippen molar-refractivity contribution in [2.75, 3.05) is 7.05 Å². The Balaban J connectivity index is -0.000000000833. The van der Waals surface area contributed by atoms with E-state index in [0.29, 0.717) is 0 Å². The van der Waals surface area contributed by atoms with Gasteiger partial charge in [-0.05, 0) is 7.05 Å². The van der Waals surface area contributed by atoms with Gasteiger partial charge in [0, 0.05) is 0 Å². The molecule has 0 heterocycles. The number of hydrogen-bond acceptors (Lipinski definition) is 1. The van der Waals surface area contributed by atoms with Gasteiger partial charge in [-0.15, -0.1) is 41.0 Å². The van der Waals surface area contributed by atoms with E-state index in [-0.39, 0.29) is 137 Å². The summed E-state index contributed by atoms with van der Waals surface area (Å²) in [6.07, 6.45) is 0. The van der Waals surface area contributed by atoms with E-state index in [1.54, 1.807) is 0 Å². The van der Waals surface area contributed by atoms with Gasteiger partial charge in [0.2, 0.25) is 0 Å². The van der Waals surface area contributed by atoms with Crippen LogP contribution >= 0.6 is 41.0 Å². The zero-order valence-corrected chi connectivity index (χ0v) is 12.6. The summed E-state index contributed by atoms with van der Waals surface area (Å²) < 4.78 is 0. The number of rotatable bonds is 0. The molecule has 0 aromatic heterocycles. The Hall–Kier alpha value is 4.14. The average Bonchev–Trinajstić information content (AvgIpc) is 1.00. The van der Waals surface area contributed by atoms with Crippen molar-refractivity contribution in [3.05, 3.63) is 0 Å². The molecule has 0 aliphatic rings. The number of halogens is 2. The van der Waals surface area contributed by atoms with Crippen molar-refractivity contribution in [3.8, 4) is 0 Å². The zero-order valence-electron chi connectivity index (χ0n) is 3.10. The second-order valence-corrected chi connectivity index (χ2v) is 0. The van der Waals surface area contributed by atoms with Gasteiger partial charge in [-0.3, -0.25) is 0 Å². The molecule has 0 fully saturated rings. The molecule has 0 amide bonds. The van der Waals surface area contributed by atoms with Crippen LogP contribution in [0.4, 0.5) is 0 Å². The SMILES string of the molecule is Br.CN.I.[CsH].[PbH2]. The molecule has 1 nitrogen and oxygen atoms in total. The summed E-state index contributed by atoms with van der Waals surface area (Å²) >= 11 is 0. The molecule has 0 aromatic carbocycles. The zero-order chi connectivity index (χ0) is 2.00. The molecular formula is CH10BrCsINPb. The van der Waals surface area contributed by atoms with E-state index in [4.69, 9.17) is 0 Å². The first-order valence-electron chi connectivity index (χ1n) is 0.577. The summed E-state index contributed by atoms with van der Waals surface area (Å²) in [5.74, 6) is 0. The fourth-order valence-corrected chi connectivity index (χ4v) is 0. The third-order valence-corrected chi connectivity index (χ3v) is 0. The first-order valence-corrected chi connectivity index (χ1v) is 0.577. The van der Waals surface area contributed by atoms with E-state index in [1.165, 1.54) is 7.05 Å². The number of hydrogen-bond donors (Lipinski definition) is 1. The molecule has 2 N–H and O–H groups in total. The quantitative estimate of drug-likeness (QED) is 0.294. The molecule has 0 aliphatic carbocycles. The maximum atomic E-state index is 4.50. The summed E-state index contributed by atoms with van der Waals surface area (Å²) in [6.45, 7) is 0. The van der Waals surface area contributed by atoms with E-state index < -0.39 is 0 Å². The molecule has 0 rings (SSSR count). The van der Waals surface area contributed by atoms with Gasteiger partial charge in [-0.1, -0.05) is 0 Å². The van der Waals surface area contributed by atoms with Gasteiger partial charge in [0.25, 0.3) is 0 Å². The van der Waals surface area contributed by atoms with Gasteiger partial charge in [-0.2, -0.15) is 0 Å². The molecule has 0 atom stereocenters. The van der Waals surface area contributed by atoms with Crippen LogP contribution in [0.1, 0.15) is 0 Å². The molecule has 0 bridgehead atoms. The van der Waals surface area contributed by atoms with Gasteiger partial charge in [-0.25, -0.2) is 0 Å². The van der Waals surface area contributed by atoms with Crippen LogP contribution in [0, 0.1) is 0 Å². The summed E-state index contributed by atoms with van der Waals surface area (Å²) in [7, 11) is 1.50. The van der Waals surface area contributed by atoms with E-state index in [9.17, 15) is 0 Å². The van der Waals surface area contributed by atoms with Crippen LogP contribution in [0.5, 0.6) is 0 Å². The summed E-state index contributed by atoms with van der Waals surface area (Å²) in [5, 5.41) is 0. The van der Waals surface area contributed by atoms with Crippen LogP contribution in [0.15, 0.2) is 0 Å². The average molecular weight is 583 g/mol. The van der Waals surface area contributed by atoms with E-state index in [1.807, 2.05) is 0 Å². The Morgan fingerprint density at radius 1 is 1.17 bits per heavy atom. The van der Waals surface area contributed by atoms with Gasteiger partial charge < -0.3 is 5.73 Å². The molecular weight excluding hydrogens is 573 g/mol. The molecule has 2 radical (unpaired) electrons. The minimum atomic E-state index is 0. The fourth-order valence-electron chi connectivity index (χ4n) is 0. The maximum absolute atomic E-state index is 4.50. The van der Waals surface area contributed by atoms with Gasteiger partial charge in [0.15, 0.2) is 0 Å². The molecule has 0 unspecified atom stereocenters.